The number of amides is 2. The van der Waals surface area contributed by atoms with Crippen molar-refractivity contribution in [2.45, 2.75) is 26.2 Å². The van der Waals surface area contributed by atoms with E-state index in [1.807, 2.05) is 6.92 Å². The Labute approximate surface area is 121 Å². The highest BCUT2D eigenvalue weighted by Crippen LogP contribution is 2.20. The fourth-order valence-corrected chi connectivity index (χ4v) is 1.82. The van der Waals surface area contributed by atoms with Crippen LogP contribution in [0.5, 0.6) is 0 Å². The zero-order chi connectivity index (χ0) is 15.2. The Morgan fingerprint density at radius 2 is 2.19 bits per heavy atom. The van der Waals surface area contributed by atoms with Gasteiger partial charge in [-0.05, 0) is 24.6 Å². The number of oxazole rings is 1. The molecule has 0 aliphatic carbocycles. The smallest absolute Gasteiger partial charge is 0.319 e. The number of aliphatic carboxylic acids is 1. The number of carboxylic acid groups (broad SMARTS) is 1. The molecule has 7 nitrogen and oxygen atoms in total. The average Bonchev–Trinajstić information content (AvgIpc) is 2.85. The SMILES string of the molecule is CCc1nc2cc(NC(=O)NCCCC(=O)O)ccc2o1. The largest absolute Gasteiger partial charge is 0.481 e. The maximum absolute atomic E-state index is 11.6. The lowest BCUT2D eigenvalue weighted by Crippen LogP contribution is -2.29. The fourth-order valence-electron chi connectivity index (χ4n) is 1.82. The third-order valence-corrected chi connectivity index (χ3v) is 2.85. The molecule has 0 aliphatic heterocycles. The fraction of sp³-hybridized carbons (Fsp3) is 0.357. The van der Waals surface area contributed by atoms with Gasteiger partial charge in [0.1, 0.15) is 5.52 Å². The number of benzene rings is 1. The van der Waals surface area contributed by atoms with Crippen LogP contribution in [0.15, 0.2) is 22.6 Å². The van der Waals surface area contributed by atoms with E-state index in [-0.39, 0.29) is 12.5 Å². The van der Waals surface area contributed by atoms with E-state index in [4.69, 9.17) is 9.52 Å². The van der Waals surface area contributed by atoms with Crippen LogP contribution in [0.3, 0.4) is 0 Å². The highest BCUT2D eigenvalue weighted by Gasteiger charge is 2.07. The predicted molar refractivity (Wildman–Crippen MR) is 77.3 cm³/mol. The molecule has 0 fully saturated rings. The Morgan fingerprint density at radius 3 is 2.90 bits per heavy atom. The Kier molecular flexibility index (Phi) is 4.76. The van der Waals surface area contributed by atoms with Crippen molar-refractivity contribution in [1.29, 1.82) is 0 Å². The van der Waals surface area contributed by atoms with Gasteiger partial charge in [0.2, 0.25) is 0 Å². The molecule has 0 unspecified atom stereocenters. The molecule has 1 heterocycles. The molecule has 1 aromatic heterocycles. The summed E-state index contributed by atoms with van der Waals surface area (Å²) in [6.45, 7) is 2.26. The minimum absolute atomic E-state index is 0.0327. The van der Waals surface area contributed by atoms with E-state index in [9.17, 15) is 9.59 Å². The summed E-state index contributed by atoms with van der Waals surface area (Å²) in [4.78, 5) is 26.3. The summed E-state index contributed by atoms with van der Waals surface area (Å²) >= 11 is 0. The van der Waals surface area contributed by atoms with Gasteiger partial charge in [-0.3, -0.25) is 4.79 Å². The summed E-state index contributed by atoms with van der Waals surface area (Å²) in [5.74, 6) is -0.222. The van der Waals surface area contributed by atoms with E-state index in [0.717, 1.165) is 0 Å². The molecule has 2 rings (SSSR count). The van der Waals surface area contributed by atoms with Crippen LogP contribution >= 0.6 is 0 Å². The van der Waals surface area contributed by atoms with E-state index in [1.165, 1.54) is 0 Å². The summed E-state index contributed by atoms with van der Waals surface area (Å²) in [6.07, 6.45) is 1.14. The van der Waals surface area contributed by atoms with Crippen molar-refractivity contribution < 1.29 is 19.1 Å². The lowest BCUT2D eigenvalue weighted by molar-refractivity contribution is -0.137. The van der Waals surface area contributed by atoms with Crippen molar-refractivity contribution in [1.82, 2.24) is 10.3 Å². The summed E-state index contributed by atoms with van der Waals surface area (Å²) in [7, 11) is 0. The molecule has 3 N–H and O–H groups in total. The lowest BCUT2D eigenvalue weighted by atomic mass is 10.3. The Hall–Kier alpha value is -2.57. The predicted octanol–water partition coefficient (Wildman–Crippen LogP) is 2.38. The van der Waals surface area contributed by atoms with E-state index in [0.29, 0.717) is 42.1 Å². The molecule has 0 saturated carbocycles. The molecule has 0 saturated heterocycles. The number of hydrogen-bond acceptors (Lipinski definition) is 4. The zero-order valence-electron chi connectivity index (χ0n) is 11.7. The second-order valence-corrected chi connectivity index (χ2v) is 4.52. The van der Waals surface area contributed by atoms with Gasteiger partial charge < -0.3 is 20.2 Å². The normalized spacial score (nSPS) is 10.5. The third kappa shape index (κ3) is 4.20. The van der Waals surface area contributed by atoms with E-state index < -0.39 is 5.97 Å². The van der Waals surface area contributed by atoms with Gasteiger partial charge in [-0.25, -0.2) is 9.78 Å². The number of hydrogen-bond donors (Lipinski definition) is 3. The molecule has 0 spiro atoms. The quantitative estimate of drug-likeness (QED) is 0.709. The number of carbonyl (C=O) groups is 2. The summed E-state index contributed by atoms with van der Waals surface area (Å²) in [6, 6.07) is 4.83. The first-order chi connectivity index (χ1) is 10.1. The average molecular weight is 291 g/mol. The monoisotopic (exact) mass is 291 g/mol. The molecule has 0 aliphatic rings. The number of carbonyl (C=O) groups excluding carboxylic acids is 1. The second kappa shape index (κ2) is 6.74. The second-order valence-electron chi connectivity index (χ2n) is 4.52. The number of urea groups is 1. The van der Waals surface area contributed by atoms with Crippen LogP contribution in [0.25, 0.3) is 11.1 Å². The number of aryl methyl sites for hydroxylation is 1. The number of aromatic nitrogens is 1. The topological polar surface area (TPSA) is 104 Å². The first kappa shape index (κ1) is 14.8. The highest BCUT2D eigenvalue weighted by atomic mass is 16.4. The summed E-state index contributed by atoms with van der Waals surface area (Å²) in [5, 5.41) is 13.8. The van der Waals surface area contributed by atoms with Gasteiger partial charge in [0.05, 0.1) is 0 Å². The van der Waals surface area contributed by atoms with Crippen LogP contribution in [-0.2, 0) is 11.2 Å². The third-order valence-electron chi connectivity index (χ3n) is 2.85. The Bertz CT molecular complexity index is 651. The molecule has 2 aromatic rings. The number of carboxylic acids is 1. The molecule has 1 aromatic carbocycles. The van der Waals surface area contributed by atoms with E-state index in [1.54, 1.807) is 18.2 Å². The molecule has 112 valence electrons. The molecular weight excluding hydrogens is 274 g/mol. The number of fused-ring (bicyclic) bond motifs is 1. The number of anilines is 1. The summed E-state index contributed by atoms with van der Waals surface area (Å²) < 4.78 is 5.48. The van der Waals surface area contributed by atoms with Gasteiger partial charge in [-0.15, -0.1) is 0 Å². The van der Waals surface area contributed by atoms with E-state index >= 15 is 0 Å². The van der Waals surface area contributed by atoms with Gasteiger partial charge >= 0.3 is 12.0 Å². The summed E-state index contributed by atoms with van der Waals surface area (Å²) in [5.41, 5.74) is 1.98. The standard InChI is InChI=1S/C14H17N3O4/c1-2-12-17-10-8-9(5-6-11(10)21-12)16-14(20)15-7-3-4-13(18)19/h5-6,8H,2-4,7H2,1H3,(H,18,19)(H2,15,16,20). The van der Waals surface area contributed by atoms with Gasteiger partial charge in [-0.1, -0.05) is 6.92 Å². The number of nitrogens with one attached hydrogen (secondary N) is 2. The van der Waals surface area contributed by atoms with Crippen molar-refractivity contribution in [3.05, 3.63) is 24.1 Å². The van der Waals surface area contributed by atoms with Crippen LogP contribution in [0, 0.1) is 0 Å². The van der Waals surface area contributed by atoms with Crippen LogP contribution in [0.4, 0.5) is 10.5 Å². The first-order valence-electron chi connectivity index (χ1n) is 6.74. The molecular formula is C14H17N3O4. The van der Waals surface area contributed by atoms with Gasteiger partial charge in [0.25, 0.3) is 0 Å². The van der Waals surface area contributed by atoms with Crippen LogP contribution in [0.1, 0.15) is 25.7 Å². The van der Waals surface area contributed by atoms with Crippen molar-refractivity contribution >= 4 is 28.8 Å². The molecule has 0 atom stereocenters. The Balaban J connectivity index is 1.90. The number of rotatable bonds is 6. The van der Waals surface area contributed by atoms with Gasteiger partial charge in [-0.2, -0.15) is 0 Å². The molecule has 0 radical (unpaired) electrons. The van der Waals surface area contributed by atoms with Crippen molar-refractivity contribution in [2.75, 3.05) is 11.9 Å². The molecule has 21 heavy (non-hydrogen) atoms. The van der Waals surface area contributed by atoms with Crippen molar-refractivity contribution in [3.63, 3.8) is 0 Å². The Morgan fingerprint density at radius 1 is 1.38 bits per heavy atom. The van der Waals surface area contributed by atoms with Crippen LogP contribution in [-0.4, -0.2) is 28.6 Å². The van der Waals surface area contributed by atoms with Crippen molar-refractivity contribution in [2.24, 2.45) is 0 Å². The molecule has 7 heteroatoms. The highest BCUT2D eigenvalue weighted by molar-refractivity contribution is 5.91. The maximum atomic E-state index is 11.6. The van der Waals surface area contributed by atoms with Gasteiger partial charge in [0, 0.05) is 25.1 Å². The minimum atomic E-state index is -0.875. The zero-order valence-corrected chi connectivity index (χ0v) is 11.7. The van der Waals surface area contributed by atoms with Crippen LogP contribution < -0.4 is 10.6 Å². The molecule has 2 amide bonds. The van der Waals surface area contributed by atoms with E-state index in [2.05, 4.69) is 15.6 Å². The molecule has 0 bridgehead atoms. The maximum Gasteiger partial charge on any atom is 0.319 e. The number of nitrogens with zero attached hydrogens (tertiary/aromatic N) is 1. The van der Waals surface area contributed by atoms with Crippen LogP contribution in [0.2, 0.25) is 0 Å². The van der Waals surface area contributed by atoms with Crippen molar-refractivity contribution in [3.8, 4) is 0 Å². The first-order valence-corrected chi connectivity index (χ1v) is 6.74. The minimum Gasteiger partial charge on any atom is -0.481 e. The van der Waals surface area contributed by atoms with Gasteiger partial charge in [0.15, 0.2) is 11.5 Å². The lowest BCUT2D eigenvalue weighted by Gasteiger charge is -2.06.